The predicted molar refractivity (Wildman–Crippen MR) is 122 cm³/mol. The number of piperidine rings is 1. The third-order valence-corrected chi connectivity index (χ3v) is 5.75. The van der Waals surface area contributed by atoms with Gasteiger partial charge in [-0.3, -0.25) is 15.0 Å². The Kier molecular flexibility index (Phi) is 7.41. The van der Waals surface area contributed by atoms with E-state index in [2.05, 4.69) is 47.1 Å². The molecule has 1 heterocycles. The second-order valence-corrected chi connectivity index (χ2v) is 8.20. The first kappa shape index (κ1) is 22.5. The van der Waals surface area contributed by atoms with Gasteiger partial charge in [0.1, 0.15) is 11.9 Å². The van der Waals surface area contributed by atoms with Gasteiger partial charge in [0.2, 0.25) is 11.8 Å². The van der Waals surface area contributed by atoms with Crippen LogP contribution in [0.1, 0.15) is 47.9 Å². The fourth-order valence-corrected chi connectivity index (χ4v) is 3.78. The van der Waals surface area contributed by atoms with E-state index in [1.54, 1.807) is 19.1 Å². The second-order valence-electron chi connectivity index (χ2n) is 8.20. The van der Waals surface area contributed by atoms with Gasteiger partial charge in [-0.2, -0.15) is 0 Å². The maximum absolute atomic E-state index is 12.7. The first-order chi connectivity index (χ1) is 14.8. The standard InChI is InChI=1S/C24H31N5O2/c1-15-3-7-18(8-4-15)20-11-12-27-21(13-20)24(31)29-16(2)23(30)28-14-17-5-9-19(10-6-17)22(25)26/h3-10,16,20-21,27H,11-14H2,1-2H3,(H3,25,26)(H,28,30)(H,29,31)/t16-,20-,21+/m0/s1. The fraction of sp³-hybridized carbons (Fsp3) is 0.375. The molecule has 1 saturated heterocycles. The average molecular weight is 422 g/mol. The van der Waals surface area contributed by atoms with E-state index < -0.39 is 6.04 Å². The van der Waals surface area contributed by atoms with E-state index in [9.17, 15) is 9.59 Å². The van der Waals surface area contributed by atoms with Gasteiger partial charge in [0.25, 0.3) is 0 Å². The van der Waals surface area contributed by atoms with Crippen molar-refractivity contribution in [1.29, 1.82) is 5.41 Å². The average Bonchev–Trinajstić information content (AvgIpc) is 2.78. The Morgan fingerprint density at radius 3 is 2.48 bits per heavy atom. The fourth-order valence-electron chi connectivity index (χ4n) is 3.78. The molecule has 0 saturated carbocycles. The lowest BCUT2D eigenvalue weighted by atomic mass is 9.86. The Bertz CT molecular complexity index is 924. The van der Waals surface area contributed by atoms with Crippen LogP contribution in [0.2, 0.25) is 0 Å². The summed E-state index contributed by atoms with van der Waals surface area (Å²) in [4.78, 5) is 25.2. The number of benzene rings is 2. The number of carbonyl (C=O) groups excluding carboxylic acids is 2. The molecule has 0 bridgehead atoms. The Morgan fingerprint density at radius 1 is 1.16 bits per heavy atom. The van der Waals surface area contributed by atoms with Crippen molar-refractivity contribution in [2.45, 2.75) is 51.2 Å². The summed E-state index contributed by atoms with van der Waals surface area (Å²) in [7, 11) is 0. The number of carbonyl (C=O) groups is 2. The molecule has 2 amide bonds. The van der Waals surface area contributed by atoms with Gasteiger partial charge in [0.15, 0.2) is 0 Å². The zero-order valence-electron chi connectivity index (χ0n) is 18.1. The minimum atomic E-state index is -0.634. The van der Waals surface area contributed by atoms with Crippen molar-refractivity contribution in [2.24, 2.45) is 5.73 Å². The van der Waals surface area contributed by atoms with E-state index in [4.69, 9.17) is 11.1 Å². The normalized spacial score (nSPS) is 19.3. The number of hydrogen-bond donors (Lipinski definition) is 5. The van der Waals surface area contributed by atoms with E-state index in [0.29, 0.717) is 24.4 Å². The topological polar surface area (TPSA) is 120 Å². The lowest BCUT2D eigenvalue weighted by Gasteiger charge is -2.30. The molecular formula is C24H31N5O2. The highest BCUT2D eigenvalue weighted by Crippen LogP contribution is 2.28. The molecule has 7 heteroatoms. The molecule has 2 aromatic rings. The van der Waals surface area contributed by atoms with Crippen molar-refractivity contribution >= 4 is 17.6 Å². The maximum Gasteiger partial charge on any atom is 0.242 e. The van der Waals surface area contributed by atoms with Gasteiger partial charge in [-0.25, -0.2) is 0 Å². The Labute approximate surface area is 183 Å². The molecule has 3 rings (SSSR count). The molecule has 0 aromatic heterocycles. The molecule has 1 aliphatic heterocycles. The largest absolute Gasteiger partial charge is 0.384 e. The predicted octanol–water partition coefficient (Wildman–Crippen LogP) is 1.94. The van der Waals surface area contributed by atoms with E-state index in [-0.39, 0.29) is 23.7 Å². The molecule has 164 valence electrons. The number of nitrogen functional groups attached to an aromatic ring is 1. The summed E-state index contributed by atoms with van der Waals surface area (Å²) in [5.41, 5.74) is 9.46. The molecule has 6 N–H and O–H groups in total. The van der Waals surface area contributed by atoms with Crippen LogP contribution in [0.4, 0.5) is 0 Å². The van der Waals surface area contributed by atoms with Gasteiger partial charge in [-0.15, -0.1) is 0 Å². The van der Waals surface area contributed by atoms with Gasteiger partial charge in [-0.05, 0) is 50.3 Å². The molecule has 2 aromatic carbocycles. The van der Waals surface area contributed by atoms with Crippen LogP contribution in [0.5, 0.6) is 0 Å². The molecule has 7 nitrogen and oxygen atoms in total. The first-order valence-electron chi connectivity index (χ1n) is 10.6. The molecule has 31 heavy (non-hydrogen) atoms. The van der Waals surface area contributed by atoms with Crippen molar-refractivity contribution in [1.82, 2.24) is 16.0 Å². The lowest BCUT2D eigenvalue weighted by molar-refractivity contribution is -0.130. The van der Waals surface area contributed by atoms with Crippen molar-refractivity contribution in [2.75, 3.05) is 6.54 Å². The van der Waals surface area contributed by atoms with Crippen LogP contribution in [0.15, 0.2) is 48.5 Å². The van der Waals surface area contributed by atoms with Crippen molar-refractivity contribution in [3.8, 4) is 0 Å². The highest BCUT2D eigenvalue weighted by molar-refractivity contribution is 5.95. The zero-order chi connectivity index (χ0) is 22.4. The Balaban J connectivity index is 1.49. The number of hydrogen-bond acceptors (Lipinski definition) is 4. The van der Waals surface area contributed by atoms with Gasteiger partial charge in [0, 0.05) is 12.1 Å². The molecule has 1 fully saturated rings. The minimum absolute atomic E-state index is 0.00728. The van der Waals surface area contributed by atoms with Crippen molar-refractivity contribution in [3.63, 3.8) is 0 Å². The van der Waals surface area contributed by atoms with E-state index in [0.717, 1.165) is 18.5 Å². The number of amides is 2. The van der Waals surface area contributed by atoms with E-state index in [1.165, 1.54) is 11.1 Å². The molecular weight excluding hydrogens is 390 g/mol. The molecule has 0 unspecified atom stereocenters. The third-order valence-electron chi connectivity index (χ3n) is 5.75. The summed E-state index contributed by atoms with van der Waals surface area (Å²) >= 11 is 0. The highest BCUT2D eigenvalue weighted by Gasteiger charge is 2.29. The molecule has 0 radical (unpaired) electrons. The van der Waals surface area contributed by atoms with Crippen LogP contribution in [-0.4, -0.2) is 36.3 Å². The quantitative estimate of drug-likeness (QED) is 0.347. The number of rotatable bonds is 7. The van der Waals surface area contributed by atoms with Crippen molar-refractivity contribution in [3.05, 3.63) is 70.8 Å². The Morgan fingerprint density at radius 2 is 1.84 bits per heavy atom. The van der Waals surface area contributed by atoms with Crippen LogP contribution in [0.3, 0.4) is 0 Å². The summed E-state index contributed by atoms with van der Waals surface area (Å²) in [5, 5.41) is 16.4. The summed E-state index contributed by atoms with van der Waals surface area (Å²) in [6, 6.07) is 14.7. The van der Waals surface area contributed by atoms with E-state index in [1.807, 2.05) is 12.1 Å². The SMILES string of the molecule is Cc1ccc([C@H]2CCN[C@@H](C(=O)N[C@@H](C)C(=O)NCc3ccc(C(=N)N)cc3)C2)cc1. The smallest absolute Gasteiger partial charge is 0.242 e. The monoisotopic (exact) mass is 421 g/mol. The van der Waals surface area contributed by atoms with Crippen LogP contribution >= 0.6 is 0 Å². The van der Waals surface area contributed by atoms with Crippen LogP contribution < -0.4 is 21.7 Å². The summed E-state index contributed by atoms with van der Waals surface area (Å²) in [5.74, 6) is -0.0484. The number of amidine groups is 1. The van der Waals surface area contributed by atoms with Gasteiger partial charge >= 0.3 is 0 Å². The summed E-state index contributed by atoms with van der Waals surface area (Å²) in [6.45, 7) is 4.87. The zero-order valence-corrected chi connectivity index (χ0v) is 18.1. The van der Waals surface area contributed by atoms with Gasteiger partial charge in [0.05, 0.1) is 6.04 Å². The van der Waals surface area contributed by atoms with Crippen LogP contribution in [0.25, 0.3) is 0 Å². The minimum Gasteiger partial charge on any atom is -0.384 e. The molecule has 0 spiro atoms. The Hall–Kier alpha value is -3.19. The second kappa shape index (κ2) is 10.2. The summed E-state index contributed by atoms with van der Waals surface area (Å²) < 4.78 is 0. The number of nitrogens with one attached hydrogen (secondary N) is 4. The lowest BCUT2D eigenvalue weighted by Crippen LogP contribution is -2.53. The molecule has 0 aliphatic carbocycles. The number of nitrogens with two attached hydrogens (primary N) is 1. The van der Waals surface area contributed by atoms with Gasteiger partial charge in [-0.1, -0.05) is 54.1 Å². The van der Waals surface area contributed by atoms with Crippen LogP contribution in [0, 0.1) is 12.3 Å². The highest BCUT2D eigenvalue weighted by atomic mass is 16.2. The summed E-state index contributed by atoms with van der Waals surface area (Å²) in [6.07, 6.45) is 1.71. The first-order valence-corrected chi connectivity index (χ1v) is 10.6. The van der Waals surface area contributed by atoms with Crippen molar-refractivity contribution < 1.29 is 9.59 Å². The molecule has 1 aliphatic rings. The number of aryl methyl sites for hydroxylation is 1. The molecule has 3 atom stereocenters. The van der Waals surface area contributed by atoms with Crippen LogP contribution in [-0.2, 0) is 16.1 Å². The van der Waals surface area contributed by atoms with Gasteiger partial charge < -0.3 is 21.7 Å². The van der Waals surface area contributed by atoms with E-state index >= 15 is 0 Å². The third kappa shape index (κ3) is 6.15. The maximum atomic E-state index is 12.7.